The highest BCUT2D eigenvalue weighted by Gasteiger charge is 2.30. The van der Waals surface area contributed by atoms with Crippen LogP contribution in [0.2, 0.25) is 0 Å². The van der Waals surface area contributed by atoms with E-state index < -0.39 is 14.9 Å². The molecule has 1 aliphatic rings. The Morgan fingerprint density at radius 1 is 1.11 bits per heavy atom. The van der Waals surface area contributed by atoms with Gasteiger partial charge >= 0.3 is 0 Å². The zero-order valence-electron chi connectivity index (χ0n) is 15.4. The second kappa shape index (κ2) is 8.06. The lowest BCUT2D eigenvalue weighted by Crippen LogP contribution is -2.49. The van der Waals surface area contributed by atoms with Gasteiger partial charge in [0, 0.05) is 44.4 Å². The maximum Gasteiger partial charge on any atom is 0.269 e. The van der Waals surface area contributed by atoms with Gasteiger partial charge in [0.2, 0.25) is 10.0 Å². The third-order valence-electron chi connectivity index (χ3n) is 5.01. The highest BCUT2D eigenvalue weighted by atomic mass is 32.2. The summed E-state index contributed by atoms with van der Waals surface area (Å²) in [6, 6.07) is 14.3. The predicted molar refractivity (Wildman–Crippen MR) is 103 cm³/mol. The van der Waals surface area contributed by atoms with Crippen LogP contribution in [0.5, 0.6) is 0 Å². The van der Waals surface area contributed by atoms with Gasteiger partial charge in [-0.05, 0) is 36.8 Å². The number of rotatable bonds is 5. The van der Waals surface area contributed by atoms with E-state index >= 15 is 0 Å². The number of benzene rings is 2. The summed E-state index contributed by atoms with van der Waals surface area (Å²) in [5, 5.41) is 19.8. The van der Waals surface area contributed by atoms with E-state index in [1.54, 1.807) is 12.1 Å². The minimum absolute atomic E-state index is 0.0476. The molecule has 0 spiro atoms. The summed E-state index contributed by atoms with van der Waals surface area (Å²) in [6.45, 7) is 3.69. The van der Waals surface area contributed by atoms with Crippen molar-refractivity contribution < 1.29 is 13.3 Å². The molecular formula is C19H20N4O4S. The summed E-state index contributed by atoms with van der Waals surface area (Å²) in [4.78, 5) is 12.9. The van der Waals surface area contributed by atoms with Gasteiger partial charge in [0.05, 0.1) is 21.5 Å². The number of nitro groups is 1. The number of hydrogen-bond acceptors (Lipinski definition) is 6. The second-order valence-corrected chi connectivity index (χ2v) is 8.54. The zero-order valence-corrected chi connectivity index (χ0v) is 16.2. The average Bonchev–Trinajstić information content (AvgIpc) is 2.73. The van der Waals surface area contributed by atoms with Gasteiger partial charge < -0.3 is 0 Å². The Balaban J connectivity index is 1.69. The number of nitrogens with zero attached hydrogens (tertiary/aromatic N) is 4. The third kappa shape index (κ3) is 4.04. The van der Waals surface area contributed by atoms with E-state index in [9.17, 15) is 18.5 Å². The van der Waals surface area contributed by atoms with Crippen LogP contribution < -0.4 is 0 Å². The maximum absolute atomic E-state index is 12.8. The van der Waals surface area contributed by atoms with E-state index in [-0.39, 0.29) is 16.6 Å². The van der Waals surface area contributed by atoms with Crippen molar-refractivity contribution in [2.45, 2.75) is 17.9 Å². The normalized spacial score (nSPS) is 17.0. The number of piperazine rings is 1. The van der Waals surface area contributed by atoms with Crippen LogP contribution in [0.15, 0.2) is 53.4 Å². The van der Waals surface area contributed by atoms with Crippen LogP contribution in [0.3, 0.4) is 0 Å². The van der Waals surface area contributed by atoms with Crippen molar-refractivity contribution in [1.82, 2.24) is 9.21 Å². The Morgan fingerprint density at radius 2 is 1.75 bits per heavy atom. The van der Waals surface area contributed by atoms with E-state index in [0.29, 0.717) is 31.7 Å². The summed E-state index contributed by atoms with van der Waals surface area (Å²) in [7, 11) is -3.61. The smallest absolute Gasteiger partial charge is 0.269 e. The standard InChI is InChI=1S/C19H20N4O4S/c1-15(17-3-2-4-18(13-17)23(24)25)21-9-11-22(12-10-21)28(26,27)19-7-5-16(14-20)6-8-19/h2-8,13,15H,9-12H2,1H3. The monoisotopic (exact) mass is 400 g/mol. The van der Waals surface area contributed by atoms with Crippen molar-refractivity contribution in [3.63, 3.8) is 0 Å². The molecule has 0 bridgehead atoms. The molecule has 0 radical (unpaired) electrons. The summed E-state index contributed by atoms with van der Waals surface area (Å²) < 4.78 is 27.0. The molecule has 1 fully saturated rings. The maximum atomic E-state index is 12.8. The Morgan fingerprint density at radius 3 is 2.32 bits per heavy atom. The van der Waals surface area contributed by atoms with Crippen molar-refractivity contribution in [2.24, 2.45) is 0 Å². The molecule has 0 aromatic heterocycles. The number of non-ortho nitro benzene ring substituents is 1. The topological polar surface area (TPSA) is 108 Å². The van der Waals surface area contributed by atoms with Gasteiger partial charge in [-0.25, -0.2) is 8.42 Å². The summed E-state index contributed by atoms with van der Waals surface area (Å²) in [5.74, 6) is 0. The van der Waals surface area contributed by atoms with E-state index in [1.165, 1.54) is 34.6 Å². The summed E-state index contributed by atoms with van der Waals surface area (Å²) >= 11 is 0. The lowest BCUT2D eigenvalue weighted by molar-refractivity contribution is -0.385. The van der Waals surface area contributed by atoms with Crippen molar-refractivity contribution >= 4 is 15.7 Å². The first-order valence-corrected chi connectivity index (χ1v) is 10.3. The molecule has 1 unspecified atom stereocenters. The van der Waals surface area contributed by atoms with E-state index in [1.807, 2.05) is 19.1 Å². The van der Waals surface area contributed by atoms with E-state index in [4.69, 9.17) is 5.26 Å². The molecule has 2 aromatic carbocycles. The van der Waals surface area contributed by atoms with Gasteiger partial charge in [0.25, 0.3) is 5.69 Å². The molecule has 1 atom stereocenters. The van der Waals surface area contributed by atoms with Gasteiger partial charge in [0.15, 0.2) is 0 Å². The zero-order chi connectivity index (χ0) is 20.3. The third-order valence-corrected chi connectivity index (χ3v) is 6.92. The van der Waals surface area contributed by atoms with Gasteiger partial charge in [0.1, 0.15) is 0 Å². The first-order chi connectivity index (χ1) is 13.3. The molecule has 28 heavy (non-hydrogen) atoms. The van der Waals surface area contributed by atoms with Gasteiger partial charge in [-0.3, -0.25) is 15.0 Å². The molecule has 2 aromatic rings. The van der Waals surface area contributed by atoms with Crippen LogP contribution in [0.1, 0.15) is 24.1 Å². The largest absolute Gasteiger partial charge is 0.294 e. The van der Waals surface area contributed by atoms with Gasteiger partial charge in [-0.1, -0.05) is 12.1 Å². The molecule has 3 rings (SSSR count). The SMILES string of the molecule is CC(c1cccc([N+](=O)[O-])c1)N1CCN(S(=O)(=O)c2ccc(C#N)cc2)CC1. The van der Waals surface area contributed by atoms with Crippen LogP contribution >= 0.6 is 0 Å². The van der Waals surface area contributed by atoms with Crippen LogP contribution in [-0.4, -0.2) is 48.7 Å². The lowest BCUT2D eigenvalue weighted by Gasteiger charge is -2.37. The van der Waals surface area contributed by atoms with E-state index in [2.05, 4.69) is 4.90 Å². The molecule has 8 nitrogen and oxygen atoms in total. The molecule has 9 heteroatoms. The molecule has 0 N–H and O–H groups in total. The molecular weight excluding hydrogens is 380 g/mol. The van der Waals surface area contributed by atoms with E-state index in [0.717, 1.165) is 5.56 Å². The Bertz CT molecular complexity index is 1010. The first kappa shape index (κ1) is 19.9. The quantitative estimate of drug-likeness (QED) is 0.564. The number of hydrogen-bond donors (Lipinski definition) is 0. The molecule has 0 aliphatic carbocycles. The first-order valence-electron chi connectivity index (χ1n) is 8.81. The minimum Gasteiger partial charge on any atom is -0.294 e. The number of nitro benzene ring substituents is 1. The number of sulfonamides is 1. The van der Waals surface area contributed by atoms with Crippen LogP contribution in [0.25, 0.3) is 0 Å². The number of nitriles is 1. The van der Waals surface area contributed by atoms with Crippen LogP contribution in [-0.2, 0) is 10.0 Å². The fourth-order valence-electron chi connectivity index (χ4n) is 3.29. The van der Waals surface area contributed by atoms with Crippen molar-refractivity contribution in [2.75, 3.05) is 26.2 Å². The fourth-order valence-corrected chi connectivity index (χ4v) is 4.71. The Labute approximate surface area is 163 Å². The summed E-state index contributed by atoms with van der Waals surface area (Å²) in [6.07, 6.45) is 0. The molecule has 1 aliphatic heterocycles. The molecule has 1 saturated heterocycles. The lowest BCUT2D eigenvalue weighted by atomic mass is 10.1. The molecule has 146 valence electrons. The highest BCUT2D eigenvalue weighted by Crippen LogP contribution is 2.26. The minimum atomic E-state index is -3.61. The second-order valence-electron chi connectivity index (χ2n) is 6.60. The Hall–Kier alpha value is -2.80. The molecule has 0 amide bonds. The molecule has 0 saturated carbocycles. The molecule has 1 heterocycles. The van der Waals surface area contributed by atoms with Crippen molar-refractivity contribution in [1.29, 1.82) is 5.26 Å². The van der Waals surface area contributed by atoms with Gasteiger partial charge in [-0.2, -0.15) is 9.57 Å². The van der Waals surface area contributed by atoms with Crippen LogP contribution in [0.4, 0.5) is 5.69 Å². The summed E-state index contributed by atoms with van der Waals surface area (Å²) in [5.41, 5.74) is 1.29. The highest BCUT2D eigenvalue weighted by molar-refractivity contribution is 7.89. The van der Waals surface area contributed by atoms with Gasteiger partial charge in [-0.15, -0.1) is 0 Å². The Kier molecular flexibility index (Phi) is 5.74. The fraction of sp³-hybridized carbons (Fsp3) is 0.316. The predicted octanol–water partition coefficient (Wildman–Crippen LogP) is 2.53. The van der Waals surface area contributed by atoms with Crippen molar-refractivity contribution in [3.8, 4) is 6.07 Å². The average molecular weight is 400 g/mol. The van der Waals surface area contributed by atoms with Crippen LogP contribution in [0, 0.1) is 21.4 Å². The van der Waals surface area contributed by atoms with Crippen molar-refractivity contribution in [3.05, 3.63) is 69.8 Å².